The van der Waals surface area contributed by atoms with Gasteiger partial charge in [0.15, 0.2) is 0 Å². The minimum Gasteiger partial charge on any atom is -0.481 e. The van der Waals surface area contributed by atoms with Gasteiger partial charge in [-0.15, -0.1) is 11.8 Å². The van der Waals surface area contributed by atoms with Gasteiger partial charge < -0.3 is 20.5 Å². The van der Waals surface area contributed by atoms with Gasteiger partial charge in [-0.2, -0.15) is 11.8 Å². The lowest BCUT2D eigenvalue weighted by molar-refractivity contribution is -0.134. The van der Waals surface area contributed by atoms with Gasteiger partial charge in [-0.05, 0) is 46.6 Å². The maximum Gasteiger partial charge on any atom is 0.407 e. The number of fused-ring (bicyclic) bond motifs is 3. The zero-order chi connectivity index (χ0) is 24.7. The van der Waals surface area contributed by atoms with E-state index in [-0.39, 0.29) is 30.6 Å². The molecule has 0 aromatic heterocycles. The Balaban J connectivity index is 1.34. The van der Waals surface area contributed by atoms with Gasteiger partial charge in [0.25, 0.3) is 0 Å². The third kappa shape index (κ3) is 6.52. The van der Waals surface area contributed by atoms with Crippen LogP contribution in [-0.4, -0.2) is 64.8 Å². The molecule has 2 aromatic carbocycles. The zero-order valence-electron chi connectivity index (χ0n) is 19.5. The summed E-state index contributed by atoms with van der Waals surface area (Å²) in [7, 11) is 0. The molecule has 0 spiro atoms. The summed E-state index contributed by atoms with van der Waals surface area (Å²) in [6, 6.07) is 16.4. The maximum atomic E-state index is 12.9. The molecule has 186 valence electrons. The summed E-state index contributed by atoms with van der Waals surface area (Å²) >= 11 is 3.07. The van der Waals surface area contributed by atoms with Gasteiger partial charge in [0.1, 0.15) is 6.61 Å². The molecule has 2 aliphatic rings. The van der Waals surface area contributed by atoms with Crippen molar-refractivity contribution >= 4 is 41.5 Å². The second-order valence-electron chi connectivity index (χ2n) is 8.82. The van der Waals surface area contributed by atoms with Crippen LogP contribution in [-0.2, 0) is 14.3 Å². The largest absolute Gasteiger partial charge is 0.481 e. The molecule has 2 aromatic rings. The van der Waals surface area contributed by atoms with E-state index in [9.17, 15) is 14.4 Å². The zero-order valence-corrected chi connectivity index (χ0v) is 21.1. The molecular weight excluding hydrogens is 484 g/mol. The Morgan fingerprint density at radius 3 is 2.29 bits per heavy atom. The average Bonchev–Trinajstić information content (AvgIpc) is 3.16. The Kier molecular flexibility index (Phi) is 8.62. The summed E-state index contributed by atoms with van der Waals surface area (Å²) in [6.45, 7) is 0.629. The van der Waals surface area contributed by atoms with E-state index in [4.69, 9.17) is 9.84 Å². The van der Waals surface area contributed by atoms with E-state index in [2.05, 4.69) is 34.9 Å². The maximum absolute atomic E-state index is 12.9. The lowest BCUT2D eigenvalue weighted by atomic mass is 9.88. The van der Waals surface area contributed by atoms with E-state index in [0.717, 1.165) is 22.6 Å². The molecule has 1 saturated heterocycles. The van der Waals surface area contributed by atoms with Crippen LogP contribution in [0.3, 0.4) is 0 Å². The van der Waals surface area contributed by atoms with Gasteiger partial charge >= 0.3 is 12.1 Å². The second kappa shape index (κ2) is 11.9. The Morgan fingerprint density at radius 1 is 1.03 bits per heavy atom. The Hall–Kier alpha value is -2.65. The predicted molar refractivity (Wildman–Crippen MR) is 140 cm³/mol. The number of aliphatic carboxylic acids is 1. The molecule has 1 heterocycles. The lowest BCUT2D eigenvalue weighted by Crippen LogP contribution is -2.53. The van der Waals surface area contributed by atoms with Crippen molar-refractivity contribution in [2.24, 2.45) is 0 Å². The van der Waals surface area contributed by atoms with Crippen LogP contribution in [0.1, 0.15) is 36.3 Å². The highest BCUT2D eigenvalue weighted by Gasteiger charge is 2.37. The molecule has 7 nitrogen and oxygen atoms in total. The number of amides is 2. The molecule has 3 N–H and O–H groups in total. The number of rotatable bonds is 10. The molecule has 4 rings (SSSR count). The monoisotopic (exact) mass is 514 g/mol. The fourth-order valence-corrected chi connectivity index (χ4v) is 6.59. The lowest BCUT2D eigenvalue weighted by Gasteiger charge is -2.37. The molecule has 0 saturated carbocycles. The summed E-state index contributed by atoms with van der Waals surface area (Å²) in [5, 5.41) is 14.6. The fourth-order valence-electron chi connectivity index (χ4n) is 4.75. The highest BCUT2D eigenvalue weighted by atomic mass is 32.2. The van der Waals surface area contributed by atoms with Crippen molar-refractivity contribution in [3.8, 4) is 11.1 Å². The molecule has 2 amide bonds. The number of carbonyl (C=O) groups excluding carboxylic acids is 2. The van der Waals surface area contributed by atoms with Crippen LogP contribution in [0.25, 0.3) is 11.1 Å². The first kappa shape index (κ1) is 25.4. The number of benzene rings is 2. The number of alkyl carbamates (subject to hydrolysis) is 1. The summed E-state index contributed by atoms with van der Waals surface area (Å²) in [6.07, 6.45) is 1.08. The smallest absolute Gasteiger partial charge is 0.407 e. The first-order valence-corrected chi connectivity index (χ1v) is 14.1. The number of carboxylic acid groups (broad SMARTS) is 1. The van der Waals surface area contributed by atoms with Crippen LogP contribution in [0.4, 0.5) is 4.79 Å². The molecule has 0 atom stereocenters. The van der Waals surface area contributed by atoms with Gasteiger partial charge in [0.05, 0.1) is 11.3 Å². The number of hydrogen-bond acceptors (Lipinski definition) is 6. The molecule has 35 heavy (non-hydrogen) atoms. The SMILES string of the molecule is O=C(O)CSCCNC(=O)CC1(NC(=O)OCC2c3ccccc3-c3ccccc32)CCSCC1. The van der Waals surface area contributed by atoms with Crippen LogP contribution in [0.15, 0.2) is 48.5 Å². The van der Waals surface area contributed by atoms with Crippen LogP contribution in [0, 0.1) is 0 Å². The van der Waals surface area contributed by atoms with Crippen molar-refractivity contribution in [1.82, 2.24) is 10.6 Å². The number of nitrogens with one attached hydrogen (secondary N) is 2. The standard InChI is InChI=1S/C26H30N2O5S2/c29-23(27-11-14-35-17-24(30)31)15-26(9-12-34-13-10-26)28-25(32)33-16-22-20-7-3-1-5-18(20)19-6-2-4-8-21(19)22/h1-8,22H,9-17H2,(H,27,29)(H,28,32)(H,30,31). The first-order valence-electron chi connectivity index (χ1n) is 11.7. The molecule has 9 heteroatoms. The highest BCUT2D eigenvalue weighted by molar-refractivity contribution is 8.00. The Labute approximate surface area is 213 Å². The van der Waals surface area contributed by atoms with Crippen LogP contribution in [0.2, 0.25) is 0 Å². The van der Waals surface area contributed by atoms with Crippen molar-refractivity contribution in [1.29, 1.82) is 0 Å². The minimum absolute atomic E-state index is 0.0143. The third-order valence-corrected chi connectivity index (χ3v) is 8.38. The van der Waals surface area contributed by atoms with Crippen LogP contribution < -0.4 is 10.6 Å². The number of hydrogen-bond donors (Lipinski definition) is 3. The first-order chi connectivity index (χ1) is 17.0. The van der Waals surface area contributed by atoms with Crippen molar-refractivity contribution in [3.63, 3.8) is 0 Å². The number of carboxylic acids is 1. The van der Waals surface area contributed by atoms with Gasteiger partial charge in [-0.3, -0.25) is 9.59 Å². The van der Waals surface area contributed by atoms with E-state index in [1.54, 1.807) is 0 Å². The molecule has 0 unspecified atom stereocenters. The van der Waals surface area contributed by atoms with Gasteiger partial charge in [-0.1, -0.05) is 48.5 Å². The van der Waals surface area contributed by atoms with Gasteiger partial charge in [0.2, 0.25) is 5.91 Å². The molecule has 1 aliphatic carbocycles. The quantitative estimate of drug-likeness (QED) is 0.410. The normalized spacial score (nSPS) is 16.1. The summed E-state index contributed by atoms with van der Waals surface area (Å²) in [4.78, 5) is 36.1. The van der Waals surface area contributed by atoms with Crippen molar-refractivity contribution in [3.05, 3.63) is 59.7 Å². The summed E-state index contributed by atoms with van der Waals surface area (Å²) < 4.78 is 5.74. The molecule has 1 fully saturated rings. The molecule has 0 radical (unpaired) electrons. The van der Waals surface area contributed by atoms with Crippen LogP contribution >= 0.6 is 23.5 Å². The van der Waals surface area contributed by atoms with E-state index in [1.807, 2.05) is 36.0 Å². The van der Waals surface area contributed by atoms with Crippen LogP contribution in [0.5, 0.6) is 0 Å². The van der Waals surface area contributed by atoms with Crippen molar-refractivity contribution < 1.29 is 24.2 Å². The third-order valence-electron chi connectivity index (χ3n) is 6.45. The Morgan fingerprint density at radius 2 is 1.66 bits per heavy atom. The molecular formula is C26H30N2O5S2. The topological polar surface area (TPSA) is 105 Å². The predicted octanol–water partition coefficient (Wildman–Crippen LogP) is 4.12. The number of ether oxygens (including phenoxy) is 1. The van der Waals surface area contributed by atoms with Gasteiger partial charge in [0, 0.05) is 24.6 Å². The van der Waals surface area contributed by atoms with E-state index >= 15 is 0 Å². The van der Waals surface area contributed by atoms with E-state index in [0.29, 0.717) is 25.1 Å². The summed E-state index contributed by atoms with van der Waals surface area (Å²) in [5.41, 5.74) is 4.04. The fraction of sp³-hybridized carbons (Fsp3) is 0.423. The molecule has 1 aliphatic heterocycles. The second-order valence-corrected chi connectivity index (χ2v) is 11.1. The Bertz CT molecular complexity index is 1030. The average molecular weight is 515 g/mol. The molecule has 0 bridgehead atoms. The van der Waals surface area contributed by atoms with Crippen molar-refractivity contribution in [2.75, 3.05) is 36.2 Å². The highest BCUT2D eigenvalue weighted by Crippen LogP contribution is 2.44. The number of thioether (sulfide) groups is 2. The van der Waals surface area contributed by atoms with Gasteiger partial charge in [-0.25, -0.2) is 4.79 Å². The van der Waals surface area contributed by atoms with Crippen molar-refractivity contribution in [2.45, 2.75) is 30.7 Å². The minimum atomic E-state index is -0.868. The summed E-state index contributed by atoms with van der Waals surface area (Å²) in [5.74, 6) is 1.24. The van der Waals surface area contributed by atoms with E-state index < -0.39 is 17.6 Å². The number of carbonyl (C=O) groups is 3. The van der Waals surface area contributed by atoms with E-state index in [1.165, 1.54) is 22.9 Å².